The van der Waals surface area contributed by atoms with Gasteiger partial charge in [-0.1, -0.05) is 11.6 Å². The number of halogens is 1. The van der Waals surface area contributed by atoms with Crippen LogP contribution in [0.2, 0.25) is 5.02 Å². The van der Waals surface area contributed by atoms with Gasteiger partial charge in [0.25, 0.3) is 0 Å². The molecule has 0 aliphatic heterocycles. The Morgan fingerprint density at radius 3 is 2.75 bits per heavy atom. The zero-order valence-electron chi connectivity index (χ0n) is 8.49. The molecule has 0 aliphatic carbocycles. The SMILES string of the molecule is Cc1cc(OC(=O)NCC(=O)O)ccc1Cl. The van der Waals surface area contributed by atoms with Gasteiger partial charge in [-0.15, -0.1) is 0 Å². The number of ether oxygens (including phenoxy) is 1. The Hall–Kier alpha value is -1.75. The summed E-state index contributed by atoms with van der Waals surface area (Å²) in [5.74, 6) is -0.825. The van der Waals surface area contributed by atoms with E-state index >= 15 is 0 Å². The quantitative estimate of drug-likeness (QED) is 0.849. The number of carboxylic acids is 1. The predicted octanol–water partition coefficient (Wildman–Crippen LogP) is 1.82. The monoisotopic (exact) mass is 243 g/mol. The molecular formula is C10H10ClNO4. The molecule has 0 aliphatic rings. The van der Waals surface area contributed by atoms with Gasteiger partial charge in [0, 0.05) is 5.02 Å². The molecule has 1 amide bonds. The van der Waals surface area contributed by atoms with Crippen LogP contribution in [0.1, 0.15) is 5.56 Å². The first-order valence-electron chi connectivity index (χ1n) is 4.42. The van der Waals surface area contributed by atoms with Gasteiger partial charge in [-0.25, -0.2) is 4.79 Å². The predicted molar refractivity (Wildman–Crippen MR) is 57.9 cm³/mol. The fraction of sp³-hybridized carbons (Fsp3) is 0.200. The minimum absolute atomic E-state index is 0.310. The molecule has 16 heavy (non-hydrogen) atoms. The summed E-state index contributed by atoms with van der Waals surface area (Å²) in [6, 6.07) is 4.70. The first-order chi connectivity index (χ1) is 7.49. The lowest BCUT2D eigenvalue weighted by atomic mass is 10.2. The van der Waals surface area contributed by atoms with Crippen molar-refractivity contribution >= 4 is 23.7 Å². The summed E-state index contributed by atoms with van der Waals surface area (Å²) in [4.78, 5) is 21.3. The number of aliphatic carboxylic acids is 1. The highest BCUT2D eigenvalue weighted by Crippen LogP contribution is 2.20. The number of carbonyl (C=O) groups excluding carboxylic acids is 1. The molecule has 1 aromatic rings. The van der Waals surface area contributed by atoms with E-state index in [0.29, 0.717) is 10.8 Å². The lowest BCUT2D eigenvalue weighted by Crippen LogP contribution is -2.31. The van der Waals surface area contributed by atoms with E-state index < -0.39 is 18.6 Å². The number of aryl methyl sites for hydroxylation is 1. The van der Waals surface area contributed by atoms with Crippen LogP contribution >= 0.6 is 11.6 Å². The van der Waals surface area contributed by atoms with Crippen LogP contribution in [0, 0.1) is 6.92 Å². The Balaban J connectivity index is 2.56. The highest BCUT2D eigenvalue weighted by molar-refractivity contribution is 6.31. The van der Waals surface area contributed by atoms with E-state index in [1.54, 1.807) is 19.1 Å². The maximum Gasteiger partial charge on any atom is 0.413 e. The van der Waals surface area contributed by atoms with E-state index in [-0.39, 0.29) is 0 Å². The standard InChI is InChI=1S/C10H10ClNO4/c1-6-4-7(2-3-8(6)11)16-10(15)12-5-9(13)14/h2-4H,5H2,1H3,(H,12,15)(H,13,14). The zero-order valence-corrected chi connectivity index (χ0v) is 9.25. The van der Waals surface area contributed by atoms with E-state index in [4.69, 9.17) is 21.4 Å². The Morgan fingerprint density at radius 1 is 1.50 bits per heavy atom. The molecule has 0 fully saturated rings. The smallest absolute Gasteiger partial charge is 0.413 e. The molecule has 0 atom stereocenters. The largest absolute Gasteiger partial charge is 0.480 e. The molecule has 6 heteroatoms. The van der Waals surface area contributed by atoms with Crippen LogP contribution < -0.4 is 10.1 Å². The van der Waals surface area contributed by atoms with Crippen LogP contribution in [0.5, 0.6) is 5.75 Å². The molecule has 0 spiro atoms. The molecule has 86 valence electrons. The van der Waals surface area contributed by atoms with Gasteiger partial charge in [0.1, 0.15) is 12.3 Å². The van der Waals surface area contributed by atoms with Gasteiger partial charge in [-0.05, 0) is 30.7 Å². The zero-order chi connectivity index (χ0) is 12.1. The van der Waals surface area contributed by atoms with Crippen molar-refractivity contribution < 1.29 is 19.4 Å². The molecule has 1 aromatic carbocycles. The molecular weight excluding hydrogens is 234 g/mol. The fourth-order valence-corrected chi connectivity index (χ4v) is 1.09. The Kier molecular flexibility index (Phi) is 4.13. The first-order valence-corrected chi connectivity index (χ1v) is 4.80. The maximum atomic E-state index is 11.1. The second-order valence-electron chi connectivity index (χ2n) is 3.05. The van der Waals surface area contributed by atoms with Crippen LogP contribution in [-0.4, -0.2) is 23.7 Å². The Labute approximate surface area is 97.0 Å². The van der Waals surface area contributed by atoms with Gasteiger partial charge < -0.3 is 15.2 Å². The summed E-state index contributed by atoms with van der Waals surface area (Å²) in [5, 5.41) is 11.0. The minimum Gasteiger partial charge on any atom is -0.480 e. The van der Waals surface area contributed by atoms with Gasteiger partial charge in [0.2, 0.25) is 0 Å². The lowest BCUT2D eigenvalue weighted by molar-refractivity contribution is -0.135. The van der Waals surface area contributed by atoms with E-state index in [0.717, 1.165) is 5.56 Å². The van der Waals surface area contributed by atoms with E-state index in [2.05, 4.69) is 5.32 Å². The van der Waals surface area contributed by atoms with Crippen molar-refractivity contribution in [2.75, 3.05) is 6.54 Å². The van der Waals surface area contributed by atoms with Crippen molar-refractivity contribution in [3.63, 3.8) is 0 Å². The van der Waals surface area contributed by atoms with Gasteiger partial charge in [-0.3, -0.25) is 4.79 Å². The van der Waals surface area contributed by atoms with Crippen molar-refractivity contribution in [1.29, 1.82) is 0 Å². The molecule has 0 aromatic heterocycles. The second kappa shape index (κ2) is 5.37. The number of amides is 1. The van der Waals surface area contributed by atoms with E-state index in [9.17, 15) is 9.59 Å². The Bertz CT molecular complexity index is 419. The van der Waals surface area contributed by atoms with Crippen molar-refractivity contribution in [1.82, 2.24) is 5.32 Å². The normalized spacial score (nSPS) is 9.62. The van der Waals surface area contributed by atoms with E-state index in [1.807, 2.05) is 0 Å². The van der Waals surface area contributed by atoms with Crippen LogP contribution in [-0.2, 0) is 4.79 Å². The van der Waals surface area contributed by atoms with Gasteiger partial charge in [0.15, 0.2) is 0 Å². The molecule has 5 nitrogen and oxygen atoms in total. The Morgan fingerprint density at radius 2 is 2.19 bits per heavy atom. The fourth-order valence-electron chi connectivity index (χ4n) is 0.972. The molecule has 0 heterocycles. The topological polar surface area (TPSA) is 75.6 Å². The van der Waals surface area contributed by atoms with Gasteiger partial charge >= 0.3 is 12.1 Å². The summed E-state index contributed by atoms with van der Waals surface area (Å²) in [5.41, 5.74) is 0.769. The highest BCUT2D eigenvalue weighted by Gasteiger charge is 2.06. The van der Waals surface area contributed by atoms with Crippen molar-refractivity contribution in [3.05, 3.63) is 28.8 Å². The maximum absolute atomic E-state index is 11.1. The van der Waals surface area contributed by atoms with E-state index in [1.165, 1.54) is 6.07 Å². The van der Waals surface area contributed by atoms with Gasteiger partial charge in [0.05, 0.1) is 0 Å². The average Bonchev–Trinajstić information content (AvgIpc) is 2.21. The molecule has 0 unspecified atom stereocenters. The average molecular weight is 244 g/mol. The first kappa shape index (κ1) is 12.3. The van der Waals surface area contributed by atoms with Crippen LogP contribution in [0.15, 0.2) is 18.2 Å². The number of hydrogen-bond donors (Lipinski definition) is 2. The minimum atomic E-state index is -1.13. The van der Waals surface area contributed by atoms with Crippen molar-refractivity contribution in [3.8, 4) is 5.75 Å². The molecule has 0 radical (unpaired) electrons. The van der Waals surface area contributed by atoms with Crippen LogP contribution in [0.3, 0.4) is 0 Å². The third-order valence-electron chi connectivity index (χ3n) is 1.72. The molecule has 0 saturated heterocycles. The summed E-state index contributed by atoms with van der Waals surface area (Å²) >= 11 is 5.79. The summed E-state index contributed by atoms with van der Waals surface area (Å²) in [6.07, 6.45) is -0.816. The number of benzene rings is 1. The molecule has 2 N–H and O–H groups in total. The lowest BCUT2D eigenvalue weighted by Gasteiger charge is -2.06. The molecule has 0 bridgehead atoms. The third-order valence-corrected chi connectivity index (χ3v) is 2.15. The van der Waals surface area contributed by atoms with Crippen LogP contribution in [0.4, 0.5) is 4.79 Å². The number of nitrogens with one attached hydrogen (secondary N) is 1. The second-order valence-corrected chi connectivity index (χ2v) is 3.46. The summed E-state index contributed by atoms with van der Waals surface area (Å²) < 4.78 is 4.83. The highest BCUT2D eigenvalue weighted by atomic mass is 35.5. The number of hydrogen-bond acceptors (Lipinski definition) is 3. The van der Waals surface area contributed by atoms with Crippen molar-refractivity contribution in [2.24, 2.45) is 0 Å². The number of rotatable bonds is 3. The summed E-state index contributed by atoms with van der Waals surface area (Å²) in [7, 11) is 0. The van der Waals surface area contributed by atoms with Crippen molar-refractivity contribution in [2.45, 2.75) is 6.92 Å². The molecule has 0 saturated carbocycles. The third kappa shape index (κ3) is 3.78. The summed E-state index contributed by atoms with van der Waals surface area (Å²) in [6.45, 7) is 1.29. The number of carboxylic acid groups (broad SMARTS) is 1. The van der Waals surface area contributed by atoms with Gasteiger partial charge in [-0.2, -0.15) is 0 Å². The molecule has 1 rings (SSSR count). The number of carbonyl (C=O) groups is 2. The van der Waals surface area contributed by atoms with Crippen LogP contribution in [0.25, 0.3) is 0 Å².